The molecule has 0 aliphatic heterocycles. The quantitative estimate of drug-likeness (QED) is 0.821. The van der Waals surface area contributed by atoms with E-state index < -0.39 is 5.97 Å². The van der Waals surface area contributed by atoms with Crippen molar-refractivity contribution in [2.24, 2.45) is 0 Å². The molecule has 2 N–H and O–H groups in total. The molecule has 0 bridgehead atoms. The third kappa shape index (κ3) is 3.86. The summed E-state index contributed by atoms with van der Waals surface area (Å²) in [5, 5.41) is 12.2. The van der Waals surface area contributed by atoms with Crippen LogP contribution in [-0.4, -0.2) is 34.5 Å². The van der Waals surface area contributed by atoms with Gasteiger partial charge in [-0.15, -0.1) is 11.3 Å². The van der Waals surface area contributed by atoms with Crippen LogP contribution in [0.5, 0.6) is 0 Å². The minimum atomic E-state index is -0.988. The van der Waals surface area contributed by atoms with Crippen LogP contribution in [0.3, 0.4) is 0 Å². The summed E-state index contributed by atoms with van der Waals surface area (Å²) in [5.41, 5.74) is 0. The standard InChI is InChI=1S/C14H17NO3S2/c1-19-11-4-2-3-10(11)15-14(18)12-7-5-9(20-12)6-8-13(16)17/h5-8,10-11H,2-4H2,1H3,(H,15,18)(H,16,17)/b8-6+. The molecule has 1 saturated carbocycles. The number of amides is 1. The van der Waals surface area contributed by atoms with Crippen LogP contribution in [0.2, 0.25) is 0 Å². The van der Waals surface area contributed by atoms with Gasteiger partial charge in [-0.2, -0.15) is 11.8 Å². The summed E-state index contributed by atoms with van der Waals surface area (Å²) in [5.74, 6) is -1.05. The predicted molar refractivity (Wildman–Crippen MR) is 83.4 cm³/mol. The summed E-state index contributed by atoms with van der Waals surface area (Å²) < 4.78 is 0. The first-order chi connectivity index (χ1) is 9.60. The van der Waals surface area contributed by atoms with Gasteiger partial charge in [0, 0.05) is 22.2 Å². The number of carboxylic acid groups (broad SMARTS) is 1. The van der Waals surface area contributed by atoms with E-state index in [2.05, 4.69) is 11.6 Å². The van der Waals surface area contributed by atoms with Crippen molar-refractivity contribution in [2.75, 3.05) is 6.26 Å². The van der Waals surface area contributed by atoms with Gasteiger partial charge in [-0.3, -0.25) is 4.79 Å². The van der Waals surface area contributed by atoms with E-state index >= 15 is 0 Å². The maximum absolute atomic E-state index is 12.2. The Morgan fingerprint density at radius 3 is 2.95 bits per heavy atom. The van der Waals surface area contributed by atoms with Gasteiger partial charge in [0.15, 0.2) is 0 Å². The first-order valence-electron chi connectivity index (χ1n) is 6.44. The molecule has 108 valence electrons. The minimum absolute atomic E-state index is 0.0593. The molecule has 2 rings (SSSR count). The van der Waals surface area contributed by atoms with E-state index in [4.69, 9.17) is 5.11 Å². The predicted octanol–water partition coefficient (Wildman–Crippen LogP) is 2.86. The first-order valence-corrected chi connectivity index (χ1v) is 8.55. The van der Waals surface area contributed by atoms with E-state index in [9.17, 15) is 9.59 Å². The Balaban J connectivity index is 1.97. The number of carboxylic acids is 1. The van der Waals surface area contributed by atoms with Crippen LogP contribution in [0.25, 0.3) is 6.08 Å². The molecule has 20 heavy (non-hydrogen) atoms. The highest BCUT2D eigenvalue weighted by molar-refractivity contribution is 7.99. The average molecular weight is 311 g/mol. The Kier molecular flexibility index (Phi) is 5.25. The lowest BCUT2D eigenvalue weighted by atomic mass is 10.2. The van der Waals surface area contributed by atoms with E-state index in [-0.39, 0.29) is 11.9 Å². The fourth-order valence-corrected chi connectivity index (χ4v) is 4.08. The second kappa shape index (κ2) is 6.95. The Hall–Kier alpha value is -1.27. The number of hydrogen-bond acceptors (Lipinski definition) is 4. The molecule has 2 unspecified atom stereocenters. The maximum Gasteiger partial charge on any atom is 0.328 e. The third-order valence-electron chi connectivity index (χ3n) is 3.31. The van der Waals surface area contributed by atoms with Crippen molar-refractivity contribution in [3.63, 3.8) is 0 Å². The van der Waals surface area contributed by atoms with Crippen LogP contribution < -0.4 is 5.32 Å². The molecule has 2 atom stereocenters. The Bertz CT molecular complexity index is 524. The van der Waals surface area contributed by atoms with Gasteiger partial charge in [0.1, 0.15) is 0 Å². The number of rotatable bonds is 5. The van der Waals surface area contributed by atoms with Gasteiger partial charge in [0.05, 0.1) is 4.88 Å². The van der Waals surface area contributed by atoms with E-state index in [0.29, 0.717) is 10.1 Å². The zero-order chi connectivity index (χ0) is 14.5. The summed E-state index contributed by atoms with van der Waals surface area (Å²) in [6, 6.07) is 3.75. The lowest BCUT2D eigenvalue weighted by molar-refractivity contribution is -0.131. The smallest absolute Gasteiger partial charge is 0.328 e. The second-order valence-electron chi connectivity index (χ2n) is 4.66. The highest BCUT2D eigenvalue weighted by Crippen LogP contribution is 2.29. The fraction of sp³-hybridized carbons (Fsp3) is 0.429. The molecule has 0 saturated heterocycles. The van der Waals surface area contributed by atoms with E-state index in [1.807, 2.05) is 0 Å². The van der Waals surface area contributed by atoms with Crippen molar-refractivity contribution in [2.45, 2.75) is 30.6 Å². The SMILES string of the molecule is CSC1CCCC1NC(=O)c1ccc(/C=C/C(=O)O)s1. The first kappa shape index (κ1) is 15.1. The normalized spacial score (nSPS) is 22.2. The molecule has 1 aliphatic rings. The molecule has 0 aromatic carbocycles. The summed E-state index contributed by atoms with van der Waals surface area (Å²) in [6.07, 6.45) is 8.01. The van der Waals surface area contributed by atoms with Crippen LogP contribution in [0, 0.1) is 0 Å². The van der Waals surface area contributed by atoms with Gasteiger partial charge in [-0.05, 0) is 37.3 Å². The molecule has 1 fully saturated rings. The largest absolute Gasteiger partial charge is 0.478 e. The topological polar surface area (TPSA) is 66.4 Å². The van der Waals surface area contributed by atoms with Crippen LogP contribution >= 0.6 is 23.1 Å². The Morgan fingerprint density at radius 1 is 1.45 bits per heavy atom. The zero-order valence-corrected chi connectivity index (χ0v) is 12.8. The number of nitrogens with one attached hydrogen (secondary N) is 1. The molecule has 0 radical (unpaired) electrons. The van der Waals surface area contributed by atoms with Crippen molar-refractivity contribution in [3.05, 3.63) is 28.0 Å². The molecule has 1 amide bonds. The lowest BCUT2D eigenvalue weighted by Gasteiger charge is -2.18. The monoisotopic (exact) mass is 311 g/mol. The van der Waals surface area contributed by atoms with Crippen molar-refractivity contribution >= 4 is 41.1 Å². The summed E-state index contributed by atoms with van der Waals surface area (Å²) in [7, 11) is 0. The van der Waals surface area contributed by atoms with Gasteiger partial charge >= 0.3 is 5.97 Å². The summed E-state index contributed by atoms with van der Waals surface area (Å²) in [4.78, 5) is 24.0. The van der Waals surface area contributed by atoms with Gasteiger partial charge < -0.3 is 10.4 Å². The Morgan fingerprint density at radius 2 is 2.25 bits per heavy atom. The highest BCUT2D eigenvalue weighted by atomic mass is 32.2. The second-order valence-corrected chi connectivity index (χ2v) is 6.85. The highest BCUT2D eigenvalue weighted by Gasteiger charge is 2.28. The zero-order valence-electron chi connectivity index (χ0n) is 11.2. The third-order valence-corrected chi connectivity index (χ3v) is 5.53. The molecule has 1 aromatic heterocycles. The molecular formula is C14H17NO3S2. The molecule has 4 nitrogen and oxygen atoms in total. The van der Waals surface area contributed by atoms with Crippen molar-refractivity contribution < 1.29 is 14.7 Å². The van der Waals surface area contributed by atoms with E-state index in [0.717, 1.165) is 30.2 Å². The number of thiophene rings is 1. The van der Waals surface area contributed by atoms with Gasteiger partial charge in [0.2, 0.25) is 0 Å². The molecular weight excluding hydrogens is 294 g/mol. The molecule has 6 heteroatoms. The summed E-state index contributed by atoms with van der Waals surface area (Å²) >= 11 is 3.11. The van der Waals surface area contributed by atoms with Gasteiger partial charge in [0.25, 0.3) is 5.91 Å². The molecule has 1 aromatic rings. The molecule has 1 aliphatic carbocycles. The van der Waals surface area contributed by atoms with Crippen molar-refractivity contribution in [1.82, 2.24) is 5.32 Å². The van der Waals surface area contributed by atoms with Crippen LogP contribution in [-0.2, 0) is 4.79 Å². The lowest BCUT2D eigenvalue weighted by Crippen LogP contribution is -2.38. The van der Waals surface area contributed by atoms with Gasteiger partial charge in [-0.1, -0.05) is 6.42 Å². The summed E-state index contributed by atoms with van der Waals surface area (Å²) in [6.45, 7) is 0. The number of hydrogen-bond donors (Lipinski definition) is 2. The average Bonchev–Trinajstić information content (AvgIpc) is 3.04. The number of carbonyl (C=O) groups excluding carboxylic acids is 1. The van der Waals surface area contributed by atoms with E-state index in [1.165, 1.54) is 17.4 Å². The van der Waals surface area contributed by atoms with Crippen LogP contribution in [0.4, 0.5) is 0 Å². The molecule has 1 heterocycles. The number of thioether (sulfide) groups is 1. The van der Waals surface area contributed by atoms with Gasteiger partial charge in [-0.25, -0.2) is 4.79 Å². The number of carbonyl (C=O) groups is 2. The maximum atomic E-state index is 12.2. The van der Waals surface area contributed by atoms with Crippen molar-refractivity contribution in [3.8, 4) is 0 Å². The van der Waals surface area contributed by atoms with Crippen molar-refractivity contribution in [1.29, 1.82) is 0 Å². The van der Waals surface area contributed by atoms with Crippen LogP contribution in [0.1, 0.15) is 33.8 Å². The van der Waals surface area contributed by atoms with E-state index in [1.54, 1.807) is 23.9 Å². The Labute approximate surface area is 126 Å². The minimum Gasteiger partial charge on any atom is -0.478 e. The molecule has 0 spiro atoms. The number of aliphatic carboxylic acids is 1. The van der Waals surface area contributed by atoms with Crippen LogP contribution in [0.15, 0.2) is 18.2 Å². The fourth-order valence-electron chi connectivity index (χ4n) is 2.33.